The predicted octanol–water partition coefficient (Wildman–Crippen LogP) is 0.788. The van der Waals surface area contributed by atoms with E-state index in [-0.39, 0.29) is 18.0 Å². The van der Waals surface area contributed by atoms with Crippen molar-refractivity contribution in [3.05, 3.63) is 35.4 Å². The Morgan fingerprint density at radius 2 is 1.95 bits per heavy atom. The van der Waals surface area contributed by atoms with E-state index in [9.17, 15) is 9.59 Å². The van der Waals surface area contributed by atoms with Gasteiger partial charge in [-0.25, -0.2) is 0 Å². The molecule has 104 valence electrons. The smallest absolute Gasteiger partial charge is 0.248 e. The number of carbonyl (C=O) groups is 2. The number of nitrogens with two attached hydrogens (primary N) is 1. The zero-order valence-corrected chi connectivity index (χ0v) is 11.6. The molecule has 0 aliphatic heterocycles. The predicted molar refractivity (Wildman–Crippen MR) is 74.5 cm³/mol. The van der Waals surface area contributed by atoms with Gasteiger partial charge in [-0.1, -0.05) is 12.1 Å². The maximum Gasteiger partial charge on any atom is 0.248 e. The molecule has 0 saturated heterocycles. The van der Waals surface area contributed by atoms with Crippen molar-refractivity contribution in [2.75, 3.05) is 0 Å². The first-order valence-corrected chi connectivity index (χ1v) is 6.32. The van der Waals surface area contributed by atoms with Crippen molar-refractivity contribution < 1.29 is 9.59 Å². The van der Waals surface area contributed by atoms with Gasteiger partial charge in [0.1, 0.15) is 0 Å². The standard InChI is InChI=1S/C14H21N3O2/c1-9(2)17-14(19)10(3)16-8-11-5-4-6-12(7-11)13(15)18/h4-7,9-10,16H,8H2,1-3H3,(H2,15,18)(H,17,19). The third-order valence-electron chi connectivity index (χ3n) is 2.65. The van der Waals surface area contributed by atoms with Crippen LogP contribution >= 0.6 is 0 Å². The topological polar surface area (TPSA) is 84.2 Å². The number of primary amides is 1. The third-order valence-corrected chi connectivity index (χ3v) is 2.65. The maximum atomic E-state index is 11.7. The van der Waals surface area contributed by atoms with Crippen LogP contribution in [0.4, 0.5) is 0 Å². The Bertz CT molecular complexity index is 458. The van der Waals surface area contributed by atoms with Crippen LogP contribution in [0.15, 0.2) is 24.3 Å². The molecule has 1 aromatic rings. The molecular weight excluding hydrogens is 242 g/mol. The molecule has 0 radical (unpaired) electrons. The highest BCUT2D eigenvalue weighted by molar-refractivity contribution is 5.92. The van der Waals surface area contributed by atoms with E-state index >= 15 is 0 Å². The summed E-state index contributed by atoms with van der Waals surface area (Å²) in [6.45, 7) is 6.14. The Labute approximate surface area is 113 Å². The van der Waals surface area contributed by atoms with Crippen LogP contribution in [0.5, 0.6) is 0 Å². The zero-order chi connectivity index (χ0) is 14.4. The van der Waals surface area contributed by atoms with Crippen LogP contribution in [0.2, 0.25) is 0 Å². The summed E-state index contributed by atoms with van der Waals surface area (Å²) in [6.07, 6.45) is 0. The van der Waals surface area contributed by atoms with Crippen LogP contribution in [0.1, 0.15) is 36.7 Å². The molecule has 5 heteroatoms. The molecule has 1 aromatic carbocycles. The Hall–Kier alpha value is -1.88. The van der Waals surface area contributed by atoms with E-state index in [0.29, 0.717) is 12.1 Å². The minimum Gasteiger partial charge on any atom is -0.366 e. The summed E-state index contributed by atoms with van der Waals surface area (Å²) in [5.41, 5.74) is 6.61. The van der Waals surface area contributed by atoms with E-state index in [0.717, 1.165) is 5.56 Å². The molecule has 19 heavy (non-hydrogen) atoms. The molecule has 0 aliphatic rings. The van der Waals surface area contributed by atoms with Crippen LogP contribution in [-0.4, -0.2) is 23.9 Å². The normalized spacial score (nSPS) is 12.2. The fourth-order valence-corrected chi connectivity index (χ4v) is 1.61. The number of carbonyl (C=O) groups excluding carboxylic acids is 2. The first kappa shape index (κ1) is 15.2. The zero-order valence-electron chi connectivity index (χ0n) is 11.6. The van der Waals surface area contributed by atoms with Gasteiger partial charge in [-0.05, 0) is 38.5 Å². The number of nitrogens with one attached hydrogen (secondary N) is 2. The van der Waals surface area contributed by atoms with E-state index in [1.54, 1.807) is 25.1 Å². The van der Waals surface area contributed by atoms with Gasteiger partial charge in [0.05, 0.1) is 6.04 Å². The molecule has 0 aromatic heterocycles. The molecule has 0 spiro atoms. The van der Waals surface area contributed by atoms with Gasteiger partial charge in [0.15, 0.2) is 0 Å². The van der Waals surface area contributed by atoms with Gasteiger partial charge < -0.3 is 16.4 Å². The lowest BCUT2D eigenvalue weighted by Gasteiger charge is -2.16. The van der Waals surface area contributed by atoms with Gasteiger partial charge in [0.2, 0.25) is 11.8 Å². The van der Waals surface area contributed by atoms with E-state index in [4.69, 9.17) is 5.73 Å². The lowest BCUT2D eigenvalue weighted by Crippen LogP contribution is -2.44. The molecule has 2 amide bonds. The summed E-state index contributed by atoms with van der Waals surface area (Å²) in [4.78, 5) is 22.8. The third kappa shape index (κ3) is 5.09. The summed E-state index contributed by atoms with van der Waals surface area (Å²) in [6, 6.07) is 6.88. The number of amides is 2. The van der Waals surface area contributed by atoms with Crippen LogP contribution in [0, 0.1) is 0 Å². The molecule has 1 rings (SSSR count). The summed E-state index contributed by atoms with van der Waals surface area (Å²) in [7, 11) is 0. The van der Waals surface area contributed by atoms with E-state index in [1.165, 1.54) is 0 Å². The highest BCUT2D eigenvalue weighted by Gasteiger charge is 2.12. The van der Waals surface area contributed by atoms with E-state index in [1.807, 2.05) is 19.9 Å². The number of benzene rings is 1. The van der Waals surface area contributed by atoms with Crippen molar-refractivity contribution in [3.63, 3.8) is 0 Å². The van der Waals surface area contributed by atoms with E-state index < -0.39 is 5.91 Å². The number of hydrogen-bond acceptors (Lipinski definition) is 3. The van der Waals surface area contributed by atoms with Crippen LogP contribution in [0.25, 0.3) is 0 Å². The average molecular weight is 263 g/mol. The molecule has 1 atom stereocenters. The van der Waals surface area contributed by atoms with Crippen LogP contribution in [0.3, 0.4) is 0 Å². The van der Waals surface area contributed by atoms with Crippen molar-refractivity contribution in [2.45, 2.75) is 39.4 Å². The Morgan fingerprint density at radius 1 is 1.26 bits per heavy atom. The molecule has 5 nitrogen and oxygen atoms in total. The Morgan fingerprint density at radius 3 is 2.53 bits per heavy atom. The van der Waals surface area contributed by atoms with Gasteiger partial charge in [-0.15, -0.1) is 0 Å². The summed E-state index contributed by atoms with van der Waals surface area (Å²) < 4.78 is 0. The Kier molecular flexibility index (Phi) is 5.51. The van der Waals surface area contributed by atoms with Gasteiger partial charge >= 0.3 is 0 Å². The molecule has 0 aliphatic carbocycles. The highest BCUT2D eigenvalue weighted by Crippen LogP contribution is 2.04. The van der Waals surface area contributed by atoms with Crippen molar-refractivity contribution in [1.29, 1.82) is 0 Å². The largest absolute Gasteiger partial charge is 0.366 e. The van der Waals surface area contributed by atoms with Gasteiger partial charge in [-0.3, -0.25) is 9.59 Å². The lowest BCUT2D eigenvalue weighted by molar-refractivity contribution is -0.123. The SMILES string of the molecule is CC(C)NC(=O)C(C)NCc1cccc(C(N)=O)c1. The minimum atomic E-state index is -0.451. The quantitative estimate of drug-likeness (QED) is 0.709. The first-order valence-electron chi connectivity index (χ1n) is 6.32. The summed E-state index contributed by atoms with van der Waals surface area (Å²) in [5, 5.41) is 5.94. The average Bonchev–Trinajstić information content (AvgIpc) is 2.35. The van der Waals surface area contributed by atoms with Crippen molar-refractivity contribution >= 4 is 11.8 Å². The van der Waals surface area contributed by atoms with Crippen molar-refractivity contribution in [1.82, 2.24) is 10.6 Å². The Balaban J connectivity index is 2.54. The van der Waals surface area contributed by atoms with Crippen molar-refractivity contribution in [2.24, 2.45) is 5.73 Å². The van der Waals surface area contributed by atoms with Gasteiger partial charge in [0.25, 0.3) is 0 Å². The fraction of sp³-hybridized carbons (Fsp3) is 0.429. The first-order chi connectivity index (χ1) is 8.90. The summed E-state index contributed by atoms with van der Waals surface area (Å²) in [5.74, 6) is -0.492. The maximum absolute atomic E-state index is 11.7. The fourth-order valence-electron chi connectivity index (χ4n) is 1.61. The van der Waals surface area contributed by atoms with Gasteiger partial charge in [-0.2, -0.15) is 0 Å². The molecular formula is C14H21N3O2. The number of hydrogen-bond donors (Lipinski definition) is 3. The minimum absolute atomic E-state index is 0.0407. The van der Waals surface area contributed by atoms with Crippen LogP contribution < -0.4 is 16.4 Å². The summed E-state index contributed by atoms with van der Waals surface area (Å²) >= 11 is 0. The number of rotatable bonds is 6. The molecule has 0 bridgehead atoms. The second-order valence-electron chi connectivity index (χ2n) is 4.83. The second kappa shape index (κ2) is 6.89. The van der Waals surface area contributed by atoms with Gasteiger partial charge in [0, 0.05) is 18.2 Å². The van der Waals surface area contributed by atoms with Crippen LogP contribution in [-0.2, 0) is 11.3 Å². The highest BCUT2D eigenvalue weighted by atomic mass is 16.2. The molecule has 1 unspecified atom stereocenters. The second-order valence-corrected chi connectivity index (χ2v) is 4.83. The monoisotopic (exact) mass is 263 g/mol. The molecule has 4 N–H and O–H groups in total. The molecule has 0 fully saturated rings. The molecule has 0 saturated carbocycles. The van der Waals surface area contributed by atoms with E-state index in [2.05, 4.69) is 10.6 Å². The van der Waals surface area contributed by atoms with Crippen molar-refractivity contribution in [3.8, 4) is 0 Å². The lowest BCUT2D eigenvalue weighted by atomic mass is 10.1. The molecule has 0 heterocycles.